The van der Waals surface area contributed by atoms with Gasteiger partial charge in [0.25, 0.3) is 0 Å². The molecule has 1 fully saturated rings. The molecule has 1 aromatic rings. The molecule has 1 saturated heterocycles. The molecule has 0 radical (unpaired) electrons. The Labute approximate surface area is 152 Å². The second-order valence-corrected chi connectivity index (χ2v) is 7.14. The SMILES string of the molecule is O=C(O)c1ccc(NC(=O)[C@H]2[C@H](C(=O)O)[C@H]3O[C@H]2C(Br)=C3Br)cc1. The number of hydrogen-bond donors (Lipinski definition) is 3. The molecule has 1 aromatic carbocycles. The number of hydrogen-bond acceptors (Lipinski definition) is 4. The number of aliphatic carboxylic acids is 1. The number of nitrogens with one attached hydrogen (secondary N) is 1. The van der Waals surface area contributed by atoms with Gasteiger partial charge in [0, 0.05) is 14.7 Å². The number of carboxylic acids is 2. The summed E-state index contributed by atoms with van der Waals surface area (Å²) in [4.78, 5) is 34.9. The number of amides is 1. The van der Waals surface area contributed by atoms with E-state index in [-0.39, 0.29) is 5.56 Å². The van der Waals surface area contributed by atoms with Gasteiger partial charge in [0.15, 0.2) is 0 Å². The van der Waals surface area contributed by atoms with Crippen molar-refractivity contribution in [1.82, 2.24) is 0 Å². The third-order valence-electron chi connectivity index (χ3n) is 4.05. The largest absolute Gasteiger partial charge is 0.481 e. The summed E-state index contributed by atoms with van der Waals surface area (Å²) in [7, 11) is 0. The van der Waals surface area contributed by atoms with Gasteiger partial charge in [-0.2, -0.15) is 0 Å². The zero-order chi connectivity index (χ0) is 17.6. The molecule has 4 atom stereocenters. The molecule has 7 nitrogen and oxygen atoms in total. The van der Waals surface area contributed by atoms with E-state index in [1.165, 1.54) is 24.3 Å². The molecule has 2 bridgehead atoms. The minimum absolute atomic E-state index is 0.0919. The highest BCUT2D eigenvalue weighted by molar-refractivity contribution is 9.14. The Kier molecular flexibility index (Phi) is 4.50. The maximum atomic E-state index is 12.6. The number of carboxylic acid groups (broad SMARTS) is 2. The summed E-state index contributed by atoms with van der Waals surface area (Å²) in [5.41, 5.74) is 0.477. The molecule has 0 spiro atoms. The summed E-state index contributed by atoms with van der Waals surface area (Å²) in [6.07, 6.45) is -1.37. The van der Waals surface area contributed by atoms with E-state index in [1.807, 2.05) is 0 Å². The fourth-order valence-electron chi connectivity index (χ4n) is 2.92. The number of fused-ring (bicyclic) bond motifs is 2. The van der Waals surface area contributed by atoms with E-state index in [0.29, 0.717) is 14.7 Å². The molecule has 0 aromatic heterocycles. The zero-order valence-electron chi connectivity index (χ0n) is 11.9. The van der Waals surface area contributed by atoms with Crippen LogP contribution in [0.5, 0.6) is 0 Å². The second-order valence-electron chi connectivity index (χ2n) is 5.43. The normalized spacial score (nSPS) is 28.1. The van der Waals surface area contributed by atoms with Gasteiger partial charge in [-0.1, -0.05) is 31.9 Å². The Morgan fingerprint density at radius 3 is 2.00 bits per heavy atom. The van der Waals surface area contributed by atoms with Gasteiger partial charge < -0.3 is 20.3 Å². The molecule has 3 N–H and O–H groups in total. The molecule has 0 saturated carbocycles. The van der Waals surface area contributed by atoms with E-state index < -0.39 is 41.9 Å². The monoisotopic (exact) mass is 459 g/mol. The standard InChI is InChI=1S/C15H11Br2NO6/c16-9-10(17)12-8(15(22)23)7(11(9)24-12)13(19)18-6-3-1-5(2-4-6)14(20)21/h1-4,7-8,11-12H,(H,18,19)(H,20,21)(H,22,23)/t7-,8-,11+,12+/m0/s1. The van der Waals surface area contributed by atoms with Crippen molar-refractivity contribution in [3.05, 3.63) is 38.8 Å². The van der Waals surface area contributed by atoms with Crippen molar-refractivity contribution in [2.75, 3.05) is 5.32 Å². The molecular formula is C15H11Br2NO6. The van der Waals surface area contributed by atoms with E-state index in [0.717, 1.165) is 0 Å². The summed E-state index contributed by atoms with van der Waals surface area (Å²) in [6, 6.07) is 5.62. The first-order chi connectivity index (χ1) is 11.3. The predicted molar refractivity (Wildman–Crippen MR) is 90.2 cm³/mol. The first-order valence-corrected chi connectivity index (χ1v) is 8.47. The smallest absolute Gasteiger partial charge is 0.335 e. The average Bonchev–Trinajstić information content (AvgIpc) is 3.05. The zero-order valence-corrected chi connectivity index (χ0v) is 15.1. The number of benzene rings is 1. The number of rotatable bonds is 4. The molecule has 9 heteroatoms. The molecule has 126 valence electrons. The van der Waals surface area contributed by atoms with Gasteiger partial charge in [0.1, 0.15) is 18.1 Å². The van der Waals surface area contributed by atoms with E-state index >= 15 is 0 Å². The molecule has 2 heterocycles. The highest BCUT2D eigenvalue weighted by Crippen LogP contribution is 2.51. The molecule has 24 heavy (non-hydrogen) atoms. The number of carbonyl (C=O) groups is 3. The summed E-state index contributed by atoms with van der Waals surface area (Å²) in [6.45, 7) is 0. The summed E-state index contributed by atoms with van der Waals surface area (Å²) < 4.78 is 6.84. The highest BCUT2D eigenvalue weighted by atomic mass is 79.9. The van der Waals surface area contributed by atoms with Crippen LogP contribution in [0.15, 0.2) is 33.2 Å². The van der Waals surface area contributed by atoms with Crippen molar-refractivity contribution < 1.29 is 29.3 Å². The molecule has 0 aliphatic carbocycles. The lowest BCUT2D eigenvalue weighted by atomic mass is 9.82. The number of anilines is 1. The topological polar surface area (TPSA) is 113 Å². The van der Waals surface area contributed by atoms with Crippen LogP contribution < -0.4 is 5.32 Å². The maximum Gasteiger partial charge on any atom is 0.335 e. The molecule has 2 aliphatic rings. The van der Waals surface area contributed by atoms with Crippen LogP contribution in [0.4, 0.5) is 5.69 Å². The van der Waals surface area contributed by atoms with Gasteiger partial charge in [-0.15, -0.1) is 0 Å². The first kappa shape index (κ1) is 17.1. The van der Waals surface area contributed by atoms with Crippen molar-refractivity contribution >= 4 is 55.4 Å². The lowest BCUT2D eigenvalue weighted by molar-refractivity contribution is -0.146. The minimum atomic E-state index is -1.11. The number of halogens is 2. The van der Waals surface area contributed by atoms with Crippen LogP contribution >= 0.6 is 31.9 Å². The quantitative estimate of drug-likeness (QED) is 0.635. The van der Waals surface area contributed by atoms with Crippen LogP contribution in [-0.4, -0.2) is 40.3 Å². The molecule has 3 rings (SSSR count). The minimum Gasteiger partial charge on any atom is -0.481 e. The van der Waals surface area contributed by atoms with Crippen LogP contribution in [0.1, 0.15) is 10.4 Å². The molecular weight excluding hydrogens is 450 g/mol. The maximum absolute atomic E-state index is 12.6. The second kappa shape index (κ2) is 6.30. The first-order valence-electron chi connectivity index (χ1n) is 6.89. The van der Waals surface area contributed by atoms with E-state index in [1.54, 1.807) is 0 Å². The number of aromatic carboxylic acids is 1. The number of carbonyl (C=O) groups excluding carboxylic acids is 1. The third-order valence-corrected chi connectivity index (χ3v) is 6.34. The van der Waals surface area contributed by atoms with Crippen molar-refractivity contribution in [2.24, 2.45) is 11.8 Å². The summed E-state index contributed by atoms with van der Waals surface area (Å²) in [5.74, 6) is -4.55. The van der Waals surface area contributed by atoms with Crippen LogP contribution in [-0.2, 0) is 14.3 Å². The predicted octanol–water partition coefficient (Wildman–Crippen LogP) is 2.42. The fraction of sp³-hybridized carbons (Fsp3) is 0.267. The average molecular weight is 461 g/mol. The van der Waals surface area contributed by atoms with E-state index in [9.17, 15) is 19.5 Å². The van der Waals surface area contributed by atoms with Crippen LogP contribution in [0.2, 0.25) is 0 Å². The van der Waals surface area contributed by atoms with Gasteiger partial charge >= 0.3 is 11.9 Å². The van der Waals surface area contributed by atoms with Crippen LogP contribution in [0.25, 0.3) is 0 Å². The Morgan fingerprint density at radius 1 is 0.958 bits per heavy atom. The number of ether oxygens (including phenoxy) is 1. The lowest BCUT2D eigenvalue weighted by Gasteiger charge is -2.24. The summed E-state index contributed by atoms with van der Waals surface area (Å²) >= 11 is 6.62. The van der Waals surface area contributed by atoms with Gasteiger partial charge in [-0.25, -0.2) is 4.79 Å². The van der Waals surface area contributed by atoms with E-state index in [2.05, 4.69) is 37.2 Å². The van der Waals surface area contributed by atoms with Crippen LogP contribution in [0.3, 0.4) is 0 Å². The Morgan fingerprint density at radius 2 is 1.50 bits per heavy atom. The molecule has 1 amide bonds. The highest BCUT2D eigenvalue weighted by Gasteiger charge is 2.58. The fourth-order valence-corrected chi connectivity index (χ4v) is 4.15. The van der Waals surface area contributed by atoms with Crippen LogP contribution in [0, 0.1) is 11.8 Å². The van der Waals surface area contributed by atoms with Gasteiger partial charge in [0.05, 0.1) is 11.5 Å². The van der Waals surface area contributed by atoms with Crippen molar-refractivity contribution in [2.45, 2.75) is 12.2 Å². The Balaban J connectivity index is 1.81. The Hall–Kier alpha value is -1.71. The van der Waals surface area contributed by atoms with Crippen molar-refractivity contribution in [1.29, 1.82) is 0 Å². The lowest BCUT2D eigenvalue weighted by Crippen LogP contribution is -2.40. The molecule has 0 unspecified atom stereocenters. The molecule has 2 aliphatic heterocycles. The third kappa shape index (κ3) is 2.76. The van der Waals surface area contributed by atoms with E-state index in [4.69, 9.17) is 9.84 Å². The van der Waals surface area contributed by atoms with Crippen molar-refractivity contribution in [3.8, 4) is 0 Å². The summed E-state index contributed by atoms with van der Waals surface area (Å²) in [5, 5.41) is 20.9. The van der Waals surface area contributed by atoms with Crippen molar-refractivity contribution in [3.63, 3.8) is 0 Å². The van der Waals surface area contributed by atoms with Gasteiger partial charge in [-0.05, 0) is 24.3 Å². The van der Waals surface area contributed by atoms with Gasteiger partial charge in [0.2, 0.25) is 5.91 Å². The van der Waals surface area contributed by atoms with Gasteiger partial charge in [-0.3, -0.25) is 9.59 Å². The Bertz CT molecular complexity index is 760.